The zero-order chi connectivity index (χ0) is 20.4. The van der Waals surface area contributed by atoms with Crippen LogP contribution < -0.4 is 10.9 Å². The Morgan fingerprint density at radius 1 is 1.21 bits per heavy atom. The van der Waals surface area contributed by atoms with Crippen LogP contribution in [0.5, 0.6) is 0 Å². The van der Waals surface area contributed by atoms with Crippen LogP contribution in [-0.4, -0.2) is 28.5 Å². The number of anilines is 1. The van der Waals surface area contributed by atoms with Crippen LogP contribution >= 0.6 is 22.7 Å². The number of esters is 1. The number of fused-ring (bicyclic) bond motifs is 1. The number of carbonyl (C=O) groups is 2. The summed E-state index contributed by atoms with van der Waals surface area (Å²) in [6, 6.07) is 10.3. The molecule has 0 fully saturated rings. The topological polar surface area (TPSA) is 90.3 Å². The SMILES string of the molecule is COC(=O)c1cccc(NC(=O)Cn2cnc3scc(-c4cccs4)c3c2=O)c1. The van der Waals surface area contributed by atoms with Gasteiger partial charge in [0.1, 0.15) is 11.4 Å². The van der Waals surface area contributed by atoms with Gasteiger partial charge in [0.15, 0.2) is 0 Å². The number of rotatable bonds is 5. The summed E-state index contributed by atoms with van der Waals surface area (Å²) in [5.41, 5.74) is 1.33. The molecule has 3 heterocycles. The molecule has 0 radical (unpaired) electrons. The Morgan fingerprint density at radius 2 is 2.07 bits per heavy atom. The Labute approximate surface area is 173 Å². The summed E-state index contributed by atoms with van der Waals surface area (Å²) in [6.45, 7) is -0.191. The molecule has 146 valence electrons. The van der Waals surface area contributed by atoms with Crippen molar-refractivity contribution in [2.45, 2.75) is 6.54 Å². The molecule has 0 unspecified atom stereocenters. The van der Waals surface area contributed by atoms with Crippen molar-refractivity contribution >= 4 is 50.5 Å². The molecule has 1 N–H and O–H groups in total. The average Bonchev–Trinajstić information content (AvgIpc) is 3.39. The normalized spacial score (nSPS) is 10.8. The summed E-state index contributed by atoms with van der Waals surface area (Å²) in [5, 5.41) is 7.06. The lowest BCUT2D eigenvalue weighted by Gasteiger charge is -2.08. The minimum atomic E-state index is -0.495. The van der Waals surface area contributed by atoms with Crippen LogP contribution in [0, 0.1) is 0 Å². The van der Waals surface area contributed by atoms with Gasteiger partial charge in [-0.2, -0.15) is 0 Å². The molecular weight excluding hydrogens is 410 g/mol. The second-order valence-corrected chi connectivity index (χ2v) is 7.91. The molecule has 4 rings (SSSR count). The van der Waals surface area contributed by atoms with Crippen molar-refractivity contribution in [3.63, 3.8) is 0 Å². The molecule has 9 heteroatoms. The number of methoxy groups -OCH3 is 1. The second kappa shape index (κ2) is 7.98. The number of carbonyl (C=O) groups excluding carboxylic acids is 2. The van der Waals surface area contributed by atoms with E-state index in [0.717, 1.165) is 10.4 Å². The number of benzene rings is 1. The molecule has 0 aliphatic rings. The largest absolute Gasteiger partial charge is 0.465 e. The van der Waals surface area contributed by atoms with Gasteiger partial charge >= 0.3 is 5.97 Å². The Kier molecular flexibility index (Phi) is 5.24. The minimum Gasteiger partial charge on any atom is -0.465 e. The molecule has 7 nitrogen and oxygen atoms in total. The van der Waals surface area contributed by atoms with E-state index in [-0.39, 0.29) is 12.1 Å². The third-order valence-corrected chi connectivity index (χ3v) is 6.02. The van der Waals surface area contributed by atoms with Crippen LogP contribution in [0.2, 0.25) is 0 Å². The molecule has 1 aromatic carbocycles. The number of thiophene rings is 2. The van der Waals surface area contributed by atoms with Crippen LogP contribution in [0.25, 0.3) is 20.7 Å². The highest BCUT2D eigenvalue weighted by atomic mass is 32.1. The molecular formula is C20H15N3O4S2. The lowest BCUT2D eigenvalue weighted by atomic mass is 10.2. The predicted octanol–water partition coefficient (Wildman–Crippen LogP) is 3.61. The van der Waals surface area contributed by atoms with Gasteiger partial charge in [0.2, 0.25) is 5.91 Å². The van der Waals surface area contributed by atoms with Crippen LogP contribution in [0.3, 0.4) is 0 Å². The van der Waals surface area contributed by atoms with E-state index in [4.69, 9.17) is 0 Å². The van der Waals surface area contributed by atoms with Crippen molar-refractivity contribution in [2.75, 3.05) is 12.4 Å². The van der Waals surface area contributed by atoms with E-state index in [1.54, 1.807) is 29.5 Å². The fraction of sp³-hybridized carbons (Fsp3) is 0.100. The van der Waals surface area contributed by atoms with Gasteiger partial charge in [0.25, 0.3) is 5.56 Å². The van der Waals surface area contributed by atoms with Crippen molar-refractivity contribution in [1.82, 2.24) is 9.55 Å². The molecule has 0 spiro atoms. The molecule has 4 aromatic rings. The minimum absolute atomic E-state index is 0.191. The van der Waals surface area contributed by atoms with Gasteiger partial charge in [0.05, 0.1) is 24.4 Å². The first-order chi connectivity index (χ1) is 14.1. The van der Waals surface area contributed by atoms with Gasteiger partial charge < -0.3 is 10.1 Å². The van der Waals surface area contributed by atoms with Gasteiger partial charge in [-0.15, -0.1) is 22.7 Å². The third-order valence-electron chi connectivity index (χ3n) is 4.23. The maximum atomic E-state index is 13.0. The van der Waals surface area contributed by atoms with E-state index in [0.29, 0.717) is 21.5 Å². The molecule has 0 bridgehead atoms. The fourth-order valence-electron chi connectivity index (χ4n) is 2.89. The maximum absolute atomic E-state index is 13.0. The van der Waals surface area contributed by atoms with Crippen LogP contribution in [-0.2, 0) is 16.1 Å². The van der Waals surface area contributed by atoms with E-state index in [1.807, 2.05) is 22.9 Å². The fourth-order valence-corrected chi connectivity index (χ4v) is 4.61. The number of amides is 1. The Hall–Kier alpha value is -3.30. The third kappa shape index (κ3) is 3.82. The molecule has 0 atom stereocenters. The first-order valence-electron chi connectivity index (χ1n) is 8.55. The van der Waals surface area contributed by atoms with E-state index in [1.165, 1.54) is 35.4 Å². The number of nitrogens with zero attached hydrogens (tertiary/aromatic N) is 2. The van der Waals surface area contributed by atoms with Crippen molar-refractivity contribution in [2.24, 2.45) is 0 Å². The van der Waals surface area contributed by atoms with E-state index >= 15 is 0 Å². The van der Waals surface area contributed by atoms with Gasteiger partial charge in [-0.25, -0.2) is 9.78 Å². The highest BCUT2D eigenvalue weighted by molar-refractivity contribution is 7.18. The van der Waals surface area contributed by atoms with Crippen molar-refractivity contribution in [1.29, 1.82) is 0 Å². The van der Waals surface area contributed by atoms with Gasteiger partial charge in [-0.1, -0.05) is 12.1 Å². The molecule has 0 aliphatic carbocycles. The molecule has 0 saturated carbocycles. The van der Waals surface area contributed by atoms with Crippen LogP contribution in [0.15, 0.2) is 58.3 Å². The summed E-state index contributed by atoms with van der Waals surface area (Å²) in [6.07, 6.45) is 1.38. The van der Waals surface area contributed by atoms with Crippen molar-refractivity contribution in [3.8, 4) is 10.4 Å². The van der Waals surface area contributed by atoms with E-state index in [9.17, 15) is 14.4 Å². The summed E-state index contributed by atoms with van der Waals surface area (Å²) in [5.74, 6) is -0.895. The number of hydrogen-bond donors (Lipinski definition) is 1. The van der Waals surface area contributed by atoms with Crippen molar-refractivity contribution < 1.29 is 14.3 Å². The van der Waals surface area contributed by atoms with Crippen LogP contribution in [0.1, 0.15) is 10.4 Å². The molecule has 29 heavy (non-hydrogen) atoms. The van der Waals surface area contributed by atoms with Gasteiger partial charge in [-0.3, -0.25) is 14.2 Å². The molecule has 0 saturated heterocycles. The number of hydrogen-bond acceptors (Lipinski definition) is 7. The first-order valence-corrected chi connectivity index (χ1v) is 10.3. The lowest BCUT2D eigenvalue weighted by molar-refractivity contribution is -0.116. The highest BCUT2D eigenvalue weighted by Gasteiger charge is 2.15. The molecule has 1 amide bonds. The maximum Gasteiger partial charge on any atom is 0.337 e. The zero-order valence-electron chi connectivity index (χ0n) is 15.2. The van der Waals surface area contributed by atoms with Gasteiger partial charge in [-0.05, 0) is 29.6 Å². The smallest absolute Gasteiger partial charge is 0.337 e. The lowest BCUT2D eigenvalue weighted by Crippen LogP contribution is -2.27. The summed E-state index contributed by atoms with van der Waals surface area (Å²) in [4.78, 5) is 43.0. The van der Waals surface area contributed by atoms with E-state index in [2.05, 4.69) is 15.0 Å². The Balaban J connectivity index is 1.59. The highest BCUT2D eigenvalue weighted by Crippen LogP contribution is 2.33. The number of aromatic nitrogens is 2. The molecule has 0 aliphatic heterocycles. The zero-order valence-corrected chi connectivity index (χ0v) is 16.9. The Bertz CT molecular complexity index is 1260. The second-order valence-electron chi connectivity index (χ2n) is 6.11. The standard InChI is InChI=1S/C20H15N3O4S2/c1-27-20(26)12-4-2-5-13(8-12)22-16(24)9-23-11-21-18-17(19(23)25)14(10-29-18)15-6-3-7-28-15/h2-8,10-11H,9H2,1H3,(H,22,24). The molecule has 3 aromatic heterocycles. The number of ether oxygens (including phenoxy) is 1. The quantitative estimate of drug-likeness (QED) is 0.493. The summed E-state index contributed by atoms with van der Waals surface area (Å²) >= 11 is 2.95. The number of nitrogens with one attached hydrogen (secondary N) is 1. The van der Waals surface area contributed by atoms with Gasteiger partial charge in [0, 0.05) is 21.5 Å². The summed E-state index contributed by atoms with van der Waals surface area (Å²) in [7, 11) is 1.29. The van der Waals surface area contributed by atoms with Crippen LogP contribution in [0.4, 0.5) is 5.69 Å². The summed E-state index contributed by atoms with van der Waals surface area (Å²) < 4.78 is 5.96. The monoisotopic (exact) mass is 425 g/mol. The predicted molar refractivity (Wildman–Crippen MR) is 114 cm³/mol. The average molecular weight is 425 g/mol. The Morgan fingerprint density at radius 3 is 2.83 bits per heavy atom. The first kappa shape index (κ1) is 19.0. The van der Waals surface area contributed by atoms with Crippen molar-refractivity contribution in [3.05, 3.63) is 69.4 Å². The van der Waals surface area contributed by atoms with E-state index < -0.39 is 11.9 Å².